The molecule has 0 atom stereocenters. The number of aromatic nitrogens is 3. The second-order valence-electron chi connectivity index (χ2n) is 10.8. The number of halogens is 1. The Balaban J connectivity index is 1.45. The van der Waals surface area contributed by atoms with Crippen molar-refractivity contribution in [3.05, 3.63) is 47.5 Å². The lowest BCUT2D eigenvalue weighted by Crippen LogP contribution is -2.53. The van der Waals surface area contributed by atoms with Gasteiger partial charge in [-0.15, -0.1) is 0 Å². The van der Waals surface area contributed by atoms with Crippen molar-refractivity contribution in [1.82, 2.24) is 24.2 Å². The summed E-state index contributed by atoms with van der Waals surface area (Å²) in [5, 5.41) is 5.80. The summed E-state index contributed by atoms with van der Waals surface area (Å²) in [6.45, 7) is 2.70. The molecule has 3 aliphatic rings. The minimum absolute atomic E-state index is 0.0415. The van der Waals surface area contributed by atoms with E-state index in [0.717, 1.165) is 62.0 Å². The van der Waals surface area contributed by atoms with Gasteiger partial charge in [0, 0.05) is 32.7 Å². The molecular formula is C27H33FN6O5S. The van der Waals surface area contributed by atoms with E-state index >= 15 is 0 Å². The lowest BCUT2D eigenvalue weighted by Gasteiger charge is -2.34. The SMILES string of the molecule is COCC1CCN(c2cc(C(=O)NS(=O)(=O)NC3COC3)nc3c2c(C2CCC2)nn3-c2ccc(F)cc2)CC1. The zero-order valence-corrected chi connectivity index (χ0v) is 23.1. The van der Waals surface area contributed by atoms with Gasteiger partial charge >= 0.3 is 10.2 Å². The summed E-state index contributed by atoms with van der Waals surface area (Å²) in [5.74, 6) is -0.519. The molecule has 1 aliphatic carbocycles. The fourth-order valence-electron chi connectivity index (χ4n) is 5.52. The van der Waals surface area contributed by atoms with Crippen LogP contribution < -0.4 is 14.3 Å². The molecule has 2 N–H and O–H groups in total. The van der Waals surface area contributed by atoms with Gasteiger partial charge in [-0.05, 0) is 61.9 Å². The van der Waals surface area contributed by atoms with E-state index in [9.17, 15) is 17.6 Å². The number of benzene rings is 1. The first-order chi connectivity index (χ1) is 19.3. The number of nitrogens with one attached hydrogen (secondary N) is 2. The van der Waals surface area contributed by atoms with Crippen molar-refractivity contribution in [2.75, 3.05) is 44.9 Å². The van der Waals surface area contributed by atoms with Crippen LogP contribution >= 0.6 is 0 Å². The summed E-state index contributed by atoms with van der Waals surface area (Å²) in [6.07, 6.45) is 4.96. The molecule has 13 heteroatoms. The number of methoxy groups -OCH3 is 1. The first-order valence-electron chi connectivity index (χ1n) is 13.7. The van der Waals surface area contributed by atoms with Crippen molar-refractivity contribution >= 4 is 32.8 Å². The van der Waals surface area contributed by atoms with Crippen LogP contribution in [0.3, 0.4) is 0 Å². The molecule has 214 valence electrons. The Morgan fingerprint density at radius 1 is 1.15 bits per heavy atom. The van der Waals surface area contributed by atoms with Crippen LogP contribution in [0, 0.1) is 11.7 Å². The Morgan fingerprint density at radius 2 is 1.88 bits per heavy atom. The second kappa shape index (κ2) is 11.0. The molecule has 1 amide bonds. The van der Waals surface area contributed by atoms with Crippen molar-refractivity contribution in [2.45, 2.75) is 44.1 Å². The fraction of sp³-hybridized carbons (Fsp3) is 0.519. The number of fused-ring (bicyclic) bond motifs is 1. The standard InChI is InChI=1S/C27H33FN6O5S/c1-38-14-17-9-11-33(12-10-17)23-13-22(27(35)32-40(36,37)31-20-15-39-16-20)29-26-24(23)25(18-3-2-4-18)30-34(26)21-7-5-19(28)6-8-21/h5-8,13,17-18,20,31H,2-4,9-12,14-16H2,1H3,(H,32,35). The van der Waals surface area contributed by atoms with E-state index in [2.05, 4.69) is 19.3 Å². The summed E-state index contributed by atoms with van der Waals surface area (Å²) in [5.41, 5.74) is 2.71. The number of anilines is 1. The van der Waals surface area contributed by atoms with Crippen LogP contribution in [0.4, 0.5) is 10.1 Å². The summed E-state index contributed by atoms with van der Waals surface area (Å²) < 4.78 is 55.6. The molecule has 2 aliphatic heterocycles. The van der Waals surface area contributed by atoms with Crippen molar-refractivity contribution in [3.63, 3.8) is 0 Å². The molecule has 0 radical (unpaired) electrons. The first kappa shape index (κ1) is 27.1. The highest BCUT2D eigenvalue weighted by atomic mass is 32.2. The van der Waals surface area contributed by atoms with Gasteiger partial charge in [-0.3, -0.25) is 4.79 Å². The highest BCUT2D eigenvalue weighted by Gasteiger charge is 2.32. The van der Waals surface area contributed by atoms with Crippen LogP contribution in [0.2, 0.25) is 0 Å². The molecule has 1 aromatic carbocycles. The first-order valence-corrected chi connectivity index (χ1v) is 15.2. The number of carbonyl (C=O) groups is 1. The number of ether oxygens (including phenoxy) is 2. The molecule has 3 fully saturated rings. The molecule has 4 heterocycles. The van der Waals surface area contributed by atoms with Crippen LogP contribution in [0.15, 0.2) is 30.3 Å². The normalized spacial score (nSPS) is 19.0. The Bertz CT molecular complexity index is 1500. The van der Waals surface area contributed by atoms with E-state index in [1.807, 2.05) is 0 Å². The third kappa shape index (κ3) is 5.42. The van der Waals surface area contributed by atoms with Crippen molar-refractivity contribution in [3.8, 4) is 5.69 Å². The summed E-state index contributed by atoms with van der Waals surface area (Å²) >= 11 is 0. The van der Waals surface area contributed by atoms with Crippen LogP contribution in [0.25, 0.3) is 16.7 Å². The number of hydrogen-bond donors (Lipinski definition) is 2. The van der Waals surface area contributed by atoms with Gasteiger partial charge < -0.3 is 14.4 Å². The molecule has 40 heavy (non-hydrogen) atoms. The summed E-state index contributed by atoms with van der Waals surface area (Å²) in [6, 6.07) is 7.24. The molecule has 6 rings (SSSR count). The van der Waals surface area contributed by atoms with Crippen molar-refractivity contribution in [1.29, 1.82) is 0 Å². The number of carbonyl (C=O) groups excluding carboxylic acids is 1. The summed E-state index contributed by atoms with van der Waals surface area (Å²) in [4.78, 5) is 20.2. The smallest absolute Gasteiger partial charge is 0.301 e. The average Bonchev–Trinajstić information content (AvgIpc) is 3.25. The predicted molar refractivity (Wildman–Crippen MR) is 146 cm³/mol. The number of rotatable bonds is 9. The van der Waals surface area contributed by atoms with Crippen LogP contribution in [0.5, 0.6) is 0 Å². The Kier molecular flexibility index (Phi) is 7.46. The lowest BCUT2D eigenvalue weighted by atomic mass is 9.82. The van der Waals surface area contributed by atoms with Gasteiger partial charge in [0.1, 0.15) is 11.5 Å². The van der Waals surface area contributed by atoms with Gasteiger partial charge in [0.05, 0.1) is 41.7 Å². The maximum atomic E-state index is 13.8. The van der Waals surface area contributed by atoms with Gasteiger partial charge in [0.15, 0.2) is 5.65 Å². The van der Waals surface area contributed by atoms with Gasteiger partial charge in [-0.2, -0.15) is 18.2 Å². The van der Waals surface area contributed by atoms with Crippen molar-refractivity contribution < 1.29 is 27.1 Å². The van der Waals surface area contributed by atoms with E-state index in [1.54, 1.807) is 30.0 Å². The zero-order chi connectivity index (χ0) is 27.9. The fourth-order valence-corrected chi connectivity index (χ4v) is 6.50. The minimum atomic E-state index is -4.12. The van der Waals surface area contributed by atoms with Crippen molar-refractivity contribution in [2.24, 2.45) is 5.92 Å². The van der Waals surface area contributed by atoms with Gasteiger partial charge in [-0.1, -0.05) is 6.42 Å². The number of hydrogen-bond acceptors (Lipinski definition) is 8. The van der Waals surface area contributed by atoms with Gasteiger partial charge in [0.2, 0.25) is 0 Å². The third-order valence-electron chi connectivity index (χ3n) is 7.98. The molecule has 2 aromatic heterocycles. The maximum absolute atomic E-state index is 13.8. The molecule has 2 saturated heterocycles. The lowest BCUT2D eigenvalue weighted by molar-refractivity contribution is 0.00468. The Hall–Kier alpha value is -3.13. The second-order valence-corrected chi connectivity index (χ2v) is 12.2. The van der Waals surface area contributed by atoms with E-state index in [1.165, 1.54) is 12.1 Å². The van der Waals surface area contributed by atoms with Crippen LogP contribution in [-0.2, 0) is 19.7 Å². The third-order valence-corrected chi connectivity index (χ3v) is 9.08. The molecule has 0 spiro atoms. The van der Waals surface area contributed by atoms with E-state index in [-0.39, 0.29) is 36.7 Å². The van der Waals surface area contributed by atoms with E-state index in [0.29, 0.717) is 23.9 Å². The predicted octanol–water partition coefficient (Wildman–Crippen LogP) is 2.65. The zero-order valence-electron chi connectivity index (χ0n) is 22.3. The van der Waals surface area contributed by atoms with Gasteiger partial charge in [-0.25, -0.2) is 18.8 Å². The minimum Gasteiger partial charge on any atom is -0.384 e. The highest BCUT2D eigenvalue weighted by molar-refractivity contribution is 7.88. The summed E-state index contributed by atoms with van der Waals surface area (Å²) in [7, 11) is -2.42. The molecule has 11 nitrogen and oxygen atoms in total. The molecule has 0 bridgehead atoms. The average molecular weight is 573 g/mol. The molecular weight excluding hydrogens is 539 g/mol. The monoisotopic (exact) mass is 572 g/mol. The maximum Gasteiger partial charge on any atom is 0.301 e. The quantitative estimate of drug-likeness (QED) is 0.401. The Morgan fingerprint density at radius 3 is 2.48 bits per heavy atom. The van der Waals surface area contributed by atoms with Crippen LogP contribution in [-0.4, -0.2) is 75.2 Å². The molecule has 1 saturated carbocycles. The van der Waals surface area contributed by atoms with E-state index in [4.69, 9.17) is 14.6 Å². The highest BCUT2D eigenvalue weighted by Crippen LogP contribution is 2.43. The van der Waals surface area contributed by atoms with Crippen LogP contribution in [0.1, 0.15) is 54.2 Å². The number of nitrogens with zero attached hydrogens (tertiary/aromatic N) is 4. The number of amides is 1. The van der Waals surface area contributed by atoms with E-state index < -0.39 is 16.1 Å². The number of pyridine rings is 1. The number of piperidine rings is 1. The molecule has 0 unspecified atom stereocenters. The molecule has 3 aromatic rings. The Labute approximate surface area is 232 Å². The van der Waals surface area contributed by atoms with Gasteiger partial charge in [0.25, 0.3) is 5.91 Å². The largest absolute Gasteiger partial charge is 0.384 e. The topological polar surface area (TPSA) is 128 Å².